The highest BCUT2D eigenvalue weighted by Crippen LogP contribution is 2.50. The summed E-state index contributed by atoms with van der Waals surface area (Å²) in [6.07, 6.45) is -1.25. The molecule has 1 unspecified atom stereocenters. The molecule has 0 saturated carbocycles. The van der Waals surface area contributed by atoms with Crippen LogP contribution in [0.3, 0.4) is 0 Å². The minimum Gasteiger partial charge on any atom is -0.379 e. The van der Waals surface area contributed by atoms with Crippen LogP contribution in [0.1, 0.15) is 40.1 Å². The molecule has 0 aliphatic carbocycles. The maximum Gasteiger partial charge on any atom is 0.420 e. The number of nitrogens with zero attached hydrogens (tertiary/aromatic N) is 4. The van der Waals surface area contributed by atoms with Crippen LogP contribution in [-0.4, -0.2) is 79.1 Å². The fourth-order valence-corrected chi connectivity index (χ4v) is 7.17. The lowest BCUT2D eigenvalue weighted by atomic mass is 9.97. The van der Waals surface area contributed by atoms with Crippen LogP contribution in [0.4, 0.5) is 19.1 Å². The second kappa shape index (κ2) is 8.39. The third kappa shape index (κ3) is 4.19. The number of hydrogen-bond acceptors (Lipinski definition) is 8. The number of anilines is 1. The Balaban J connectivity index is 1.47. The lowest BCUT2D eigenvalue weighted by Gasteiger charge is -2.31. The number of likely N-dealkylation sites (N-methyl/N-ethyl adjacent to an activating group) is 1. The summed E-state index contributed by atoms with van der Waals surface area (Å²) in [5.74, 6) is -0.215. The molecule has 1 spiro atoms. The molecule has 14 heteroatoms. The van der Waals surface area contributed by atoms with Crippen molar-refractivity contribution >= 4 is 33.2 Å². The summed E-state index contributed by atoms with van der Waals surface area (Å²) in [6, 6.07) is 1.30. The number of nitrogens with one attached hydrogen (secondary N) is 1. The van der Waals surface area contributed by atoms with Crippen LogP contribution in [0, 0.1) is 0 Å². The number of amides is 1. The van der Waals surface area contributed by atoms with E-state index in [9.17, 15) is 26.4 Å². The number of sulfonamides is 1. The Kier molecular flexibility index (Phi) is 5.85. The monoisotopic (exact) mass is 531 g/mol. The molecule has 1 amide bonds. The van der Waals surface area contributed by atoms with Crippen molar-refractivity contribution in [2.75, 3.05) is 44.9 Å². The maximum atomic E-state index is 13.9. The first-order valence-electron chi connectivity index (χ1n) is 11.1. The molecule has 2 fully saturated rings. The van der Waals surface area contributed by atoms with Gasteiger partial charge in [0.1, 0.15) is 11.1 Å². The molecular weight excluding hydrogens is 507 g/mol. The summed E-state index contributed by atoms with van der Waals surface area (Å²) in [6.45, 7) is 1.39. The molecule has 2 aromatic heterocycles. The van der Waals surface area contributed by atoms with Crippen molar-refractivity contribution in [3.05, 3.63) is 28.3 Å². The summed E-state index contributed by atoms with van der Waals surface area (Å²) in [4.78, 5) is 23.5. The molecule has 5 heterocycles. The largest absolute Gasteiger partial charge is 0.420 e. The van der Waals surface area contributed by atoms with Gasteiger partial charge in [0.15, 0.2) is 0 Å². The Bertz CT molecular complexity index is 1270. The minimum absolute atomic E-state index is 0.0294. The first kappa shape index (κ1) is 24.4. The Hall–Kier alpha value is -2.29. The van der Waals surface area contributed by atoms with Gasteiger partial charge in [-0.3, -0.25) is 4.79 Å². The van der Waals surface area contributed by atoms with Gasteiger partial charge in [0.2, 0.25) is 16.0 Å². The van der Waals surface area contributed by atoms with E-state index >= 15 is 0 Å². The van der Waals surface area contributed by atoms with Crippen LogP contribution in [0.5, 0.6) is 0 Å². The first-order chi connectivity index (χ1) is 16.4. The number of fused-ring (bicyclic) bond motifs is 2. The van der Waals surface area contributed by atoms with Gasteiger partial charge in [0.05, 0.1) is 29.0 Å². The lowest BCUT2D eigenvalue weighted by Crippen LogP contribution is -2.42. The molecule has 3 aliphatic rings. The average Bonchev–Trinajstić information content (AvgIpc) is 3.49. The molecule has 1 N–H and O–H groups in total. The Labute approximate surface area is 204 Å². The minimum atomic E-state index is -4.68. The summed E-state index contributed by atoms with van der Waals surface area (Å²) >= 11 is 1.13. The van der Waals surface area contributed by atoms with Gasteiger partial charge in [-0.2, -0.15) is 13.2 Å². The van der Waals surface area contributed by atoms with E-state index in [1.165, 1.54) is 10.4 Å². The molecule has 0 radical (unpaired) electrons. The highest BCUT2D eigenvalue weighted by molar-refractivity contribution is 7.88. The number of carbonyl (C=O) groups excluding carboxylic acids is 1. The molecule has 2 aromatic rings. The summed E-state index contributed by atoms with van der Waals surface area (Å²) in [7, 11) is -1.61. The molecule has 9 nitrogen and oxygen atoms in total. The van der Waals surface area contributed by atoms with Gasteiger partial charge < -0.3 is 15.0 Å². The van der Waals surface area contributed by atoms with Crippen LogP contribution < -0.4 is 5.32 Å². The number of hydrogen-bond donors (Lipinski definition) is 1. The first-order valence-corrected chi connectivity index (χ1v) is 13.7. The zero-order chi connectivity index (χ0) is 25.2. The van der Waals surface area contributed by atoms with E-state index in [1.807, 2.05) is 0 Å². The maximum absolute atomic E-state index is 13.9. The Morgan fingerprint density at radius 3 is 2.60 bits per heavy atom. The smallest absolute Gasteiger partial charge is 0.379 e. The molecule has 1 atom stereocenters. The summed E-state index contributed by atoms with van der Waals surface area (Å²) in [5, 5.41) is 3.05. The van der Waals surface area contributed by atoms with Crippen LogP contribution in [0.2, 0.25) is 0 Å². The van der Waals surface area contributed by atoms with Gasteiger partial charge in [-0.05, 0) is 18.9 Å². The number of alkyl halides is 3. The standard InChI is InChI=1S/C21H24F3N5O4S2/c1-28-18(30)13-9-15(34-17(13)20(28)5-8-33-11-20)16-14(21(22,23)24)10-25-19(27-16)26-12-3-6-29(7-4-12)35(2,31)32/h9-10,12H,3-8,11H2,1-2H3,(H,25,26,27). The second-order valence-corrected chi connectivity index (χ2v) is 12.1. The van der Waals surface area contributed by atoms with Crippen molar-refractivity contribution in [3.63, 3.8) is 0 Å². The van der Waals surface area contributed by atoms with Crippen molar-refractivity contribution in [2.45, 2.75) is 37.0 Å². The number of halogens is 3. The van der Waals surface area contributed by atoms with Crippen LogP contribution in [0.25, 0.3) is 10.6 Å². The lowest BCUT2D eigenvalue weighted by molar-refractivity contribution is -0.137. The average molecular weight is 532 g/mol. The molecule has 3 aliphatic heterocycles. The van der Waals surface area contributed by atoms with Crippen LogP contribution >= 0.6 is 11.3 Å². The van der Waals surface area contributed by atoms with Gasteiger partial charge in [-0.15, -0.1) is 11.3 Å². The fourth-order valence-electron chi connectivity index (χ4n) is 4.90. The number of carbonyl (C=O) groups is 1. The normalized spacial score (nSPS) is 23.9. The van der Waals surface area contributed by atoms with Gasteiger partial charge in [0.25, 0.3) is 5.91 Å². The van der Waals surface area contributed by atoms with Gasteiger partial charge in [-0.1, -0.05) is 0 Å². The van der Waals surface area contributed by atoms with Crippen molar-refractivity contribution < 1.29 is 31.1 Å². The predicted octanol–water partition coefficient (Wildman–Crippen LogP) is 2.76. The topological polar surface area (TPSA) is 105 Å². The number of aromatic nitrogens is 2. The molecule has 190 valence electrons. The molecule has 2 saturated heterocycles. The third-order valence-corrected chi connectivity index (χ3v) is 9.55. The van der Waals surface area contributed by atoms with Gasteiger partial charge >= 0.3 is 6.18 Å². The van der Waals surface area contributed by atoms with Crippen molar-refractivity contribution in [1.82, 2.24) is 19.2 Å². The predicted molar refractivity (Wildman–Crippen MR) is 123 cm³/mol. The van der Waals surface area contributed by atoms with E-state index < -0.39 is 27.3 Å². The Morgan fingerprint density at radius 2 is 2.00 bits per heavy atom. The van der Waals surface area contributed by atoms with Crippen molar-refractivity contribution in [3.8, 4) is 10.6 Å². The highest BCUT2D eigenvalue weighted by atomic mass is 32.2. The molecule has 0 aromatic carbocycles. The third-order valence-electron chi connectivity index (χ3n) is 6.92. The molecule has 5 rings (SSSR count). The van der Waals surface area contributed by atoms with Crippen molar-refractivity contribution in [1.29, 1.82) is 0 Å². The quantitative estimate of drug-likeness (QED) is 0.647. The number of thiophene rings is 1. The molecule has 35 heavy (non-hydrogen) atoms. The Morgan fingerprint density at radius 1 is 1.29 bits per heavy atom. The van der Waals surface area contributed by atoms with Gasteiger partial charge in [0, 0.05) is 50.3 Å². The van der Waals surface area contributed by atoms with E-state index in [-0.39, 0.29) is 28.5 Å². The number of rotatable bonds is 4. The zero-order valence-corrected chi connectivity index (χ0v) is 20.7. The second-order valence-electron chi connectivity index (χ2n) is 9.09. The van der Waals surface area contributed by atoms with E-state index in [1.54, 1.807) is 11.9 Å². The SMILES string of the molecule is CN1C(=O)c2cc(-c3nc(NC4CCN(S(C)(=O)=O)CC4)ncc3C(F)(F)F)sc2C12CCOC2. The summed E-state index contributed by atoms with van der Waals surface area (Å²) in [5.41, 5.74) is -1.54. The molecular formula is C21H24F3N5O4S2. The number of piperidine rings is 1. The van der Waals surface area contributed by atoms with Gasteiger partial charge in [-0.25, -0.2) is 22.7 Å². The van der Waals surface area contributed by atoms with Crippen molar-refractivity contribution in [2.24, 2.45) is 0 Å². The zero-order valence-electron chi connectivity index (χ0n) is 19.1. The van der Waals surface area contributed by atoms with E-state index in [0.29, 0.717) is 56.0 Å². The van der Waals surface area contributed by atoms with E-state index in [2.05, 4.69) is 15.3 Å². The molecule has 0 bridgehead atoms. The van der Waals surface area contributed by atoms with Crippen LogP contribution in [0.15, 0.2) is 12.3 Å². The number of ether oxygens (including phenoxy) is 1. The summed E-state index contributed by atoms with van der Waals surface area (Å²) < 4.78 is 71.9. The highest BCUT2D eigenvalue weighted by Gasteiger charge is 2.52. The van der Waals surface area contributed by atoms with Crippen LogP contribution in [-0.2, 0) is 26.5 Å². The van der Waals surface area contributed by atoms with E-state index in [0.717, 1.165) is 23.8 Å². The van der Waals surface area contributed by atoms with E-state index in [4.69, 9.17) is 4.74 Å². The fraction of sp³-hybridized carbons (Fsp3) is 0.571.